The Labute approximate surface area is 173 Å². The number of hydrogen-bond donors (Lipinski definition) is 1. The van der Waals surface area contributed by atoms with Crippen molar-refractivity contribution in [3.8, 4) is 5.82 Å². The van der Waals surface area contributed by atoms with Gasteiger partial charge in [0.25, 0.3) is 0 Å². The average molecular weight is 406 g/mol. The Balaban J connectivity index is 1.34. The lowest BCUT2D eigenvalue weighted by molar-refractivity contribution is -0.156. The Morgan fingerprint density at radius 2 is 1.80 bits per heavy atom. The van der Waals surface area contributed by atoms with Crippen LogP contribution in [0.25, 0.3) is 16.9 Å². The molecule has 2 aromatic heterocycles. The SMILES string of the molecule is CCN1CCN(CC(=O)NCc2ccc(-n3cnc4ccccc43)nc2)C(=O)C1=O. The third-order valence-corrected chi connectivity index (χ3v) is 5.11. The molecule has 0 spiro atoms. The first-order chi connectivity index (χ1) is 14.6. The summed E-state index contributed by atoms with van der Waals surface area (Å²) in [5.41, 5.74) is 2.69. The maximum Gasteiger partial charge on any atom is 0.312 e. The van der Waals surface area contributed by atoms with E-state index < -0.39 is 11.8 Å². The molecule has 1 aliphatic rings. The van der Waals surface area contributed by atoms with Crippen LogP contribution < -0.4 is 5.32 Å². The van der Waals surface area contributed by atoms with Gasteiger partial charge < -0.3 is 15.1 Å². The maximum atomic E-state index is 12.2. The molecule has 1 aromatic carbocycles. The Kier molecular flexibility index (Phi) is 5.42. The Morgan fingerprint density at radius 3 is 2.57 bits per heavy atom. The third-order valence-electron chi connectivity index (χ3n) is 5.11. The summed E-state index contributed by atoms with van der Waals surface area (Å²) >= 11 is 0. The van der Waals surface area contributed by atoms with Gasteiger partial charge in [0.1, 0.15) is 18.7 Å². The number of para-hydroxylation sites is 2. The predicted molar refractivity (Wildman–Crippen MR) is 110 cm³/mol. The first kappa shape index (κ1) is 19.6. The number of amides is 3. The maximum absolute atomic E-state index is 12.2. The van der Waals surface area contributed by atoms with Gasteiger partial charge in [0.05, 0.1) is 11.0 Å². The summed E-state index contributed by atoms with van der Waals surface area (Å²) in [4.78, 5) is 47.8. The lowest BCUT2D eigenvalue weighted by atomic mass is 10.2. The third kappa shape index (κ3) is 3.86. The van der Waals surface area contributed by atoms with Crippen molar-refractivity contribution in [1.29, 1.82) is 0 Å². The van der Waals surface area contributed by atoms with Crippen molar-refractivity contribution >= 4 is 28.8 Å². The molecule has 9 heteroatoms. The number of nitrogens with zero attached hydrogens (tertiary/aromatic N) is 5. The van der Waals surface area contributed by atoms with Gasteiger partial charge in [-0.3, -0.25) is 19.0 Å². The molecule has 1 saturated heterocycles. The highest BCUT2D eigenvalue weighted by atomic mass is 16.2. The molecule has 0 aliphatic carbocycles. The standard InChI is InChI=1S/C21H22N6O3/c1-2-25-9-10-26(21(30)20(25)29)13-19(28)23-12-15-7-8-18(22-11-15)27-14-24-16-5-3-4-6-17(16)27/h3-8,11,14H,2,9-10,12-13H2,1H3,(H,23,28). The molecule has 30 heavy (non-hydrogen) atoms. The van der Waals surface area contributed by atoms with E-state index in [1.807, 2.05) is 47.9 Å². The van der Waals surface area contributed by atoms with Crippen LogP contribution in [0.15, 0.2) is 48.9 Å². The molecule has 4 rings (SSSR count). The van der Waals surface area contributed by atoms with Crippen LogP contribution in [0.5, 0.6) is 0 Å². The van der Waals surface area contributed by atoms with Crippen molar-refractivity contribution in [1.82, 2.24) is 29.7 Å². The molecular formula is C21H22N6O3. The van der Waals surface area contributed by atoms with E-state index in [4.69, 9.17) is 0 Å². The number of imidazole rings is 1. The Hall–Kier alpha value is -3.75. The summed E-state index contributed by atoms with van der Waals surface area (Å²) in [7, 11) is 0. The van der Waals surface area contributed by atoms with Crippen LogP contribution in [0, 0.1) is 0 Å². The summed E-state index contributed by atoms with van der Waals surface area (Å²) in [6.07, 6.45) is 3.42. The van der Waals surface area contributed by atoms with Crippen molar-refractivity contribution in [2.45, 2.75) is 13.5 Å². The molecule has 3 aromatic rings. The molecule has 0 unspecified atom stereocenters. The van der Waals surface area contributed by atoms with Crippen LogP contribution >= 0.6 is 0 Å². The number of likely N-dealkylation sites (N-methyl/N-ethyl adjacent to an activating group) is 1. The summed E-state index contributed by atoms with van der Waals surface area (Å²) in [5, 5.41) is 2.77. The number of carbonyl (C=O) groups excluding carboxylic acids is 3. The van der Waals surface area contributed by atoms with E-state index in [2.05, 4.69) is 15.3 Å². The lowest BCUT2D eigenvalue weighted by Crippen LogP contribution is -2.56. The summed E-state index contributed by atoms with van der Waals surface area (Å²) in [5.74, 6) is -0.761. The number of nitrogens with one attached hydrogen (secondary N) is 1. The molecule has 3 amide bonds. The van der Waals surface area contributed by atoms with Crippen LogP contribution in [0.1, 0.15) is 12.5 Å². The van der Waals surface area contributed by atoms with Crippen LogP contribution in [0.3, 0.4) is 0 Å². The van der Waals surface area contributed by atoms with Gasteiger partial charge in [-0.25, -0.2) is 9.97 Å². The second-order valence-corrected chi connectivity index (χ2v) is 7.02. The average Bonchev–Trinajstić information content (AvgIpc) is 3.20. The van der Waals surface area contributed by atoms with E-state index >= 15 is 0 Å². The zero-order valence-corrected chi connectivity index (χ0v) is 16.6. The number of pyridine rings is 1. The number of aromatic nitrogens is 3. The van der Waals surface area contributed by atoms with Crippen LogP contribution in [0.2, 0.25) is 0 Å². The molecule has 0 radical (unpaired) electrons. The smallest absolute Gasteiger partial charge is 0.312 e. The van der Waals surface area contributed by atoms with Gasteiger partial charge in [-0.1, -0.05) is 18.2 Å². The van der Waals surface area contributed by atoms with Gasteiger partial charge in [0, 0.05) is 32.4 Å². The molecule has 0 bridgehead atoms. The van der Waals surface area contributed by atoms with E-state index in [9.17, 15) is 14.4 Å². The van der Waals surface area contributed by atoms with Gasteiger partial charge in [-0.2, -0.15) is 0 Å². The Morgan fingerprint density at radius 1 is 1.03 bits per heavy atom. The molecule has 1 fully saturated rings. The molecule has 1 N–H and O–H groups in total. The normalized spacial score (nSPS) is 14.4. The Bertz CT molecular complexity index is 1090. The molecule has 0 atom stereocenters. The highest BCUT2D eigenvalue weighted by Gasteiger charge is 2.32. The number of hydrogen-bond acceptors (Lipinski definition) is 5. The van der Waals surface area contributed by atoms with E-state index in [0.29, 0.717) is 19.6 Å². The highest BCUT2D eigenvalue weighted by molar-refractivity contribution is 6.35. The van der Waals surface area contributed by atoms with Crippen LogP contribution in [-0.2, 0) is 20.9 Å². The molecule has 3 heterocycles. The molecule has 9 nitrogen and oxygen atoms in total. The van der Waals surface area contributed by atoms with Gasteiger partial charge in [0.15, 0.2) is 0 Å². The van der Waals surface area contributed by atoms with Crippen molar-refractivity contribution in [2.75, 3.05) is 26.2 Å². The van der Waals surface area contributed by atoms with Gasteiger partial charge >= 0.3 is 11.8 Å². The van der Waals surface area contributed by atoms with Gasteiger partial charge in [-0.05, 0) is 30.7 Å². The van der Waals surface area contributed by atoms with Crippen molar-refractivity contribution in [2.24, 2.45) is 0 Å². The summed E-state index contributed by atoms with van der Waals surface area (Å²) < 4.78 is 1.90. The first-order valence-corrected chi connectivity index (χ1v) is 9.79. The topological polar surface area (TPSA) is 100 Å². The van der Waals surface area contributed by atoms with Crippen LogP contribution in [-0.4, -0.2) is 68.2 Å². The lowest BCUT2D eigenvalue weighted by Gasteiger charge is -2.32. The quantitative estimate of drug-likeness (QED) is 0.608. The van der Waals surface area contributed by atoms with Crippen molar-refractivity contribution < 1.29 is 14.4 Å². The second-order valence-electron chi connectivity index (χ2n) is 7.02. The predicted octanol–water partition coefficient (Wildman–Crippen LogP) is 0.727. The zero-order chi connectivity index (χ0) is 21.1. The number of fused-ring (bicyclic) bond motifs is 1. The molecule has 1 aliphatic heterocycles. The fourth-order valence-corrected chi connectivity index (χ4v) is 3.40. The summed E-state index contributed by atoms with van der Waals surface area (Å²) in [6.45, 7) is 3.27. The fourth-order valence-electron chi connectivity index (χ4n) is 3.40. The van der Waals surface area contributed by atoms with E-state index in [-0.39, 0.29) is 19.0 Å². The number of benzene rings is 1. The minimum Gasteiger partial charge on any atom is -0.350 e. The molecule has 154 valence electrons. The largest absolute Gasteiger partial charge is 0.350 e. The van der Waals surface area contributed by atoms with E-state index in [1.54, 1.807) is 12.5 Å². The van der Waals surface area contributed by atoms with Crippen molar-refractivity contribution in [3.63, 3.8) is 0 Å². The minimum atomic E-state index is -0.628. The molecular weight excluding hydrogens is 384 g/mol. The summed E-state index contributed by atoms with van der Waals surface area (Å²) in [6, 6.07) is 11.5. The minimum absolute atomic E-state index is 0.130. The number of carbonyl (C=O) groups is 3. The molecule has 0 saturated carbocycles. The van der Waals surface area contributed by atoms with Gasteiger partial charge in [-0.15, -0.1) is 0 Å². The van der Waals surface area contributed by atoms with E-state index in [1.165, 1.54) is 9.80 Å². The second kappa shape index (κ2) is 8.32. The van der Waals surface area contributed by atoms with E-state index in [0.717, 1.165) is 22.4 Å². The first-order valence-electron chi connectivity index (χ1n) is 9.79. The van der Waals surface area contributed by atoms with Gasteiger partial charge in [0.2, 0.25) is 5.91 Å². The number of rotatable bonds is 6. The van der Waals surface area contributed by atoms with Crippen molar-refractivity contribution in [3.05, 3.63) is 54.5 Å². The zero-order valence-electron chi connectivity index (χ0n) is 16.6. The number of piperazine rings is 1. The highest BCUT2D eigenvalue weighted by Crippen LogP contribution is 2.16. The van der Waals surface area contributed by atoms with Crippen LogP contribution in [0.4, 0.5) is 0 Å². The fraction of sp³-hybridized carbons (Fsp3) is 0.286. The monoisotopic (exact) mass is 406 g/mol.